The zero-order valence-corrected chi connectivity index (χ0v) is 12.2. The van der Waals surface area contributed by atoms with E-state index in [4.69, 9.17) is 4.74 Å². The third-order valence-corrected chi connectivity index (χ3v) is 3.27. The van der Waals surface area contributed by atoms with E-state index in [1.165, 1.54) is 17.7 Å². The number of aryl methyl sites for hydroxylation is 2. The highest BCUT2D eigenvalue weighted by atomic mass is 19.1. The van der Waals surface area contributed by atoms with E-state index < -0.39 is 0 Å². The van der Waals surface area contributed by atoms with Crippen LogP contribution in [-0.2, 0) is 13.2 Å². The molecule has 0 aromatic heterocycles. The smallest absolute Gasteiger partial charge is 0.124 e. The van der Waals surface area contributed by atoms with Crippen molar-refractivity contribution >= 4 is 0 Å². The second-order valence-corrected chi connectivity index (χ2v) is 5.00. The van der Waals surface area contributed by atoms with Crippen LogP contribution in [0.2, 0.25) is 0 Å². The Kier molecular flexibility index (Phi) is 4.74. The normalized spacial score (nSPS) is 10.6. The molecule has 2 aromatic carbocycles. The zero-order valence-electron chi connectivity index (χ0n) is 12.2. The molecule has 2 aromatic rings. The van der Waals surface area contributed by atoms with Gasteiger partial charge in [-0.2, -0.15) is 0 Å². The lowest BCUT2D eigenvalue weighted by Crippen LogP contribution is -2.08. The van der Waals surface area contributed by atoms with E-state index in [9.17, 15) is 4.39 Å². The molecule has 1 N–H and O–H groups in total. The summed E-state index contributed by atoms with van der Waals surface area (Å²) in [5.74, 6) is 0.658. The Hall–Kier alpha value is -1.87. The minimum absolute atomic E-state index is 0.211. The molecule has 0 radical (unpaired) electrons. The van der Waals surface area contributed by atoms with Gasteiger partial charge >= 0.3 is 0 Å². The van der Waals surface area contributed by atoms with Gasteiger partial charge in [0.15, 0.2) is 0 Å². The first-order valence-corrected chi connectivity index (χ1v) is 6.72. The van der Waals surface area contributed by atoms with Gasteiger partial charge in [-0.15, -0.1) is 0 Å². The third kappa shape index (κ3) is 3.58. The summed E-state index contributed by atoms with van der Waals surface area (Å²) in [6.07, 6.45) is 0. The Bertz CT molecular complexity index is 596. The molecular weight excluding hydrogens is 253 g/mol. The molecule has 0 fully saturated rings. The lowest BCUT2D eigenvalue weighted by molar-refractivity contribution is 0.301. The molecule has 2 nitrogen and oxygen atoms in total. The first-order valence-electron chi connectivity index (χ1n) is 6.72. The van der Waals surface area contributed by atoms with Crippen molar-refractivity contribution in [2.45, 2.75) is 27.0 Å². The molecule has 0 amide bonds. The summed E-state index contributed by atoms with van der Waals surface area (Å²) >= 11 is 0. The van der Waals surface area contributed by atoms with Gasteiger partial charge in [0.2, 0.25) is 0 Å². The van der Waals surface area contributed by atoms with E-state index in [0.717, 1.165) is 29.0 Å². The molecule has 20 heavy (non-hydrogen) atoms. The highest BCUT2D eigenvalue weighted by molar-refractivity contribution is 5.37. The van der Waals surface area contributed by atoms with Crippen LogP contribution in [-0.4, -0.2) is 7.05 Å². The van der Waals surface area contributed by atoms with Gasteiger partial charge in [0, 0.05) is 12.1 Å². The Labute approximate surface area is 119 Å². The van der Waals surface area contributed by atoms with Crippen molar-refractivity contribution in [3.05, 3.63) is 64.5 Å². The molecule has 2 rings (SSSR count). The third-order valence-electron chi connectivity index (χ3n) is 3.27. The first-order chi connectivity index (χ1) is 9.60. The average Bonchev–Trinajstić information content (AvgIpc) is 2.40. The average molecular weight is 273 g/mol. The highest BCUT2D eigenvalue weighted by Crippen LogP contribution is 2.22. The minimum atomic E-state index is -0.211. The van der Waals surface area contributed by atoms with E-state index in [2.05, 4.69) is 18.3 Å². The van der Waals surface area contributed by atoms with Gasteiger partial charge < -0.3 is 10.1 Å². The van der Waals surface area contributed by atoms with Crippen LogP contribution < -0.4 is 10.1 Å². The summed E-state index contributed by atoms with van der Waals surface area (Å²) in [6, 6.07) is 10.9. The maximum Gasteiger partial charge on any atom is 0.124 e. The molecule has 3 heteroatoms. The summed E-state index contributed by atoms with van der Waals surface area (Å²) < 4.78 is 19.0. The molecule has 0 aliphatic carbocycles. The Morgan fingerprint density at radius 2 is 1.85 bits per heavy atom. The van der Waals surface area contributed by atoms with E-state index in [0.29, 0.717) is 6.61 Å². The minimum Gasteiger partial charge on any atom is -0.489 e. The lowest BCUT2D eigenvalue weighted by Gasteiger charge is -2.13. The predicted octanol–water partition coefficient (Wildman–Crippen LogP) is 3.74. The van der Waals surface area contributed by atoms with Gasteiger partial charge in [0.25, 0.3) is 0 Å². The van der Waals surface area contributed by atoms with Gasteiger partial charge in [0.1, 0.15) is 18.2 Å². The number of halogens is 1. The number of nitrogens with one attached hydrogen (secondary N) is 1. The molecule has 0 saturated heterocycles. The van der Waals surface area contributed by atoms with Crippen LogP contribution in [0.15, 0.2) is 36.4 Å². The Balaban J connectivity index is 2.14. The molecule has 0 spiro atoms. The summed E-state index contributed by atoms with van der Waals surface area (Å²) in [5, 5.41) is 3.14. The highest BCUT2D eigenvalue weighted by Gasteiger charge is 2.06. The van der Waals surface area contributed by atoms with Gasteiger partial charge in [-0.1, -0.05) is 23.8 Å². The van der Waals surface area contributed by atoms with Gasteiger partial charge in [-0.3, -0.25) is 0 Å². The van der Waals surface area contributed by atoms with Gasteiger partial charge in [0.05, 0.1) is 0 Å². The molecule has 0 unspecified atom stereocenters. The van der Waals surface area contributed by atoms with Crippen LogP contribution in [0, 0.1) is 19.7 Å². The Morgan fingerprint density at radius 1 is 1.05 bits per heavy atom. The van der Waals surface area contributed by atoms with Crippen LogP contribution >= 0.6 is 0 Å². The van der Waals surface area contributed by atoms with Crippen LogP contribution in [0.3, 0.4) is 0 Å². The molecule has 0 bridgehead atoms. The topological polar surface area (TPSA) is 21.3 Å². The van der Waals surface area contributed by atoms with Gasteiger partial charge in [-0.05, 0) is 50.2 Å². The van der Waals surface area contributed by atoms with E-state index in [-0.39, 0.29) is 5.82 Å². The monoisotopic (exact) mass is 273 g/mol. The SMILES string of the molecule is CNCc1cc(C)ccc1OCc1ccc(F)cc1C. The first kappa shape index (κ1) is 14.5. The van der Waals surface area contributed by atoms with Crippen LogP contribution in [0.5, 0.6) is 5.75 Å². The number of ether oxygens (including phenoxy) is 1. The largest absolute Gasteiger partial charge is 0.489 e. The Morgan fingerprint density at radius 3 is 2.55 bits per heavy atom. The maximum absolute atomic E-state index is 13.1. The molecule has 0 heterocycles. The summed E-state index contributed by atoms with van der Waals surface area (Å²) in [4.78, 5) is 0. The molecule has 0 aliphatic heterocycles. The van der Waals surface area contributed by atoms with Crippen molar-refractivity contribution < 1.29 is 9.13 Å². The van der Waals surface area contributed by atoms with Gasteiger partial charge in [-0.25, -0.2) is 4.39 Å². The molecular formula is C17H20FNO. The standard InChI is InChI=1S/C17H20FNO/c1-12-4-7-17(15(8-12)10-19-3)20-11-14-5-6-16(18)9-13(14)2/h4-9,19H,10-11H2,1-3H3. The number of rotatable bonds is 5. The molecule has 0 atom stereocenters. The molecule has 106 valence electrons. The van der Waals surface area contributed by atoms with Crippen molar-refractivity contribution in [1.29, 1.82) is 0 Å². The summed E-state index contributed by atoms with van der Waals surface area (Å²) in [5.41, 5.74) is 4.25. The van der Waals surface area contributed by atoms with Crippen molar-refractivity contribution in [1.82, 2.24) is 5.32 Å². The van der Waals surface area contributed by atoms with Crippen LogP contribution in [0.25, 0.3) is 0 Å². The van der Waals surface area contributed by atoms with Crippen LogP contribution in [0.4, 0.5) is 4.39 Å². The fourth-order valence-electron chi connectivity index (χ4n) is 2.15. The molecule has 0 aliphatic rings. The van der Waals surface area contributed by atoms with Crippen molar-refractivity contribution in [3.63, 3.8) is 0 Å². The number of benzene rings is 2. The zero-order chi connectivity index (χ0) is 14.5. The van der Waals surface area contributed by atoms with E-state index >= 15 is 0 Å². The van der Waals surface area contributed by atoms with Crippen LogP contribution in [0.1, 0.15) is 22.3 Å². The fraction of sp³-hybridized carbons (Fsp3) is 0.294. The lowest BCUT2D eigenvalue weighted by atomic mass is 10.1. The van der Waals surface area contributed by atoms with Crippen molar-refractivity contribution in [3.8, 4) is 5.75 Å². The number of hydrogen-bond donors (Lipinski definition) is 1. The number of hydrogen-bond acceptors (Lipinski definition) is 2. The quantitative estimate of drug-likeness (QED) is 0.896. The van der Waals surface area contributed by atoms with E-state index in [1.807, 2.05) is 26.1 Å². The maximum atomic E-state index is 13.1. The fourth-order valence-corrected chi connectivity index (χ4v) is 2.15. The second kappa shape index (κ2) is 6.53. The summed E-state index contributed by atoms with van der Waals surface area (Å²) in [6.45, 7) is 5.17. The van der Waals surface area contributed by atoms with Crippen molar-refractivity contribution in [2.24, 2.45) is 0 Å². The van der Waals surface area contributed by atoms with Crippen molar-refractivity contribution in [2.75, 3.05) is 7.05 Å². The second-order valence-electron chi connectivity index (χ2n) is 5.00. The molecule has 0 saturated carbocycles. The summed E-state index contributed by atoms with van der Waals surface area (Å²) in [7, 11) is 1.91. The predicted molar refractivity (Wildman–Crippen MR) is 79.4 cm³/mol. The van der Waals surface area contributed by atoms with E-state index in [1.54, 1.807) is 6.07 Å².